The number of rotatable bonds is 4. The normalized spacial score (nSPS) is 10.9. The second kappa shape index (κ2) is 6.08. The molecule has 4 rings (SSSR count). The first kappa shape index (κ1) is 16.0. The molecule has 0 bridgehead atoms. The molecule has 128 valence electrons. The van der Waals surface area contributed by atoms with E-state index in [1.165, 1.54) is 27.9 Å². The lowest BCUT2D eigenvalue weighted by molar-refractivity contribution is -0.384. The zero-order chi connectivity index (χ0) is 18.3. The van der Waals surface area contributed by atoms with Crippen molar-refractivity contribution in [3.05, 3.63) is 75.8 Å². The summed E-state index contributed by atoms with van der Waals surface area (Å²) in [5.74, 6) is -1.11. The van der Waals surface area contributed by atoms with Crippen molar-refractivity contribution in [2.24, 2.45) is 0 Å². The number of fused-ring (bicyclic) bond motifs is 1. The van der Waals surface area contributed by atoms with Crippen molar-refractivity contribution < 1.29 is 14.8 Å². The summed E-state index contributed by atoms with van der Waals surface area (Å²) in [4.78, 5) is 27.5. The van der Waals surface area contributed by atoms with Crippen LogP contribution in [0, 0.1) is 10.1 Å². The fraction of sp³-hybridized carbons (Fsp3) is 0. The summed E-state index contributed by atoms with van der Waals surface area (Å²) >= 11 is 1.29. The van der Waals surface area contributed by atoms with Gasteiger partial charge in [0.1, 0.15) is 5.69 Å². The van der Waals surface area contributed by atoms with E-state index >= 15 is 0 Å². The van der Waals surface area contributed by atoms with Crippen LogP contribution in [-0.2, 0) is 0 Å². The number of imidazole rings is 1. The molecule has 0 saturated carbocycles. The fourth-order valence-corrected chi connectivity index (χ4v) is 3.73. The van der Waals surface area contributed by atoms with Gasteiger partial charge in [-0.05, 0) is 0 Å². The molecule has 2 heterocycles. The van der Waals surface area contributed by atoms with Crippen molar-refractivity contribution in [1.82, 2.24) is 9.38 Å². The monoisotopic (exact) mass is 365 g/mol. The molecule has 0 aliphatic heterocycles. The highest BCUT2D eigenvalue weighted by Crippen LogP contribution is 2.33. The maximum atomic E-state index is 12.0. The molecule has 2 aromatic heterocycles. The van der Waals surface area contributed by atoms with Crippen LogP contribution in [0.5, 0.6) is 0 Å². The highest BCUT2D eigenvalue weighted by Gasteiger charge is 2.24. The van der Waals surface area contributed by atoms with Gasteiger partial charge in [-0.25, -0.2) is 9.78 Å². The quantitative estimate of drug-likeness (QED) is 0.429. The van der Waals surface area contributed by atoms with Crippen molar-refractivity contribution in [3.8, 4) is 22.5 Å². The van der Waals surface area contributed by atoms with E-state index in [2.05, 4.69) is 4.98 Å². The molecule has 0 radical (unpaired) electrons. The van der Waals surface area contributed by atoms with Crippen LogP contribution in [0.1, 0.15) is 10.5 Å². The molecule has 0 saturated heterocycles. The number of aromatic nitrogens is 2. The van der Waals surface area contributed by atoms with Crippen molar-refractivity contribution in [3.63, 3.8) is 0 Å². The Morgan fingerprint density at radius 1 is 1.12 bits per heavy atom. The number of non-ortho nitro benzene ring substituents is 1. The van der Waals surface area contributed by atoms with Gasteiger partial charge in [-0.1, -0.05) is 42.5 Å². The highest BCUT2D eigenvalue weighted by atomic mass is 32.1. The summed E-state index contributed by atoms with van der Waals surface area (Å²) in [6, 6.07) is 15.2. The zero-order valence-corrected chi connectivity index (χ0v) is 14.0. The largest absolute Gasteiger partial charge is 0.476 e. The number of aromatic carboxylic acids is 1. The number of nitrogens with zero attached hydrogens (tertiary/aromatic N) is 3. The zero-order valence-electron chi connectivity index (χ0n) is 13.2. The van der Waals surface area contributed by atoms with Gasteiger partial charge in [0.25, 0.3) is 5.69 Å². The predicted octanol–water partition coefficient (Wildman–Crippen LogP) is 4.34. The number of carboxylic acid groups (broad SMARTS) is 1. The summed E-state index contributed by atoms with van der Waals surface area (Å²) < 4.78 is 1.54. The van der Waals surface area contributed by atoms with Crippen LogP contribution in [-0.4, -0.2) is 25.4 Å². The van der Waals surface area contributed by atoms with Crippen LogP contribution in [0.15, 0.2) is 60.0 Å². The summed E-state index contributed by atoms with van der Waals surface area (Å²) in [6.45, 7) is 0. The Morgan fingerprint density at radius 2 is 1.85 bits per heavy atom. The minimum atomic E-state index is -1.11. The van der Waals surface area contributed by atoms with Crippen LogP contribution < -0.4 is 0 Å². The van der Waals surface area contributed by atoms with Gasteiger partial charge in [0, 0.05) is 28.6 Å². The second-order valence-corrected chi connectivity index (χ2v) is 6.36. The molecule has 2 aromatic carbocycles. The average Bonchev–Trinajstić information content (AvgIpc) is 3.21. The molecule has 0 unspecified atom stereocenters. The second-order valence-electron chi connectivity index (χ2n) is 5.53. The van der Waals surface area contributed by atoms with E-state index in [0.717, 1.165) is 0 Å². The molecule has 8 heteroatoms. The third-order valence-electron chi connectivity index (χ3n) is 3.97. The molecule has 0 aliphatic carbocycles. The first-order chi connectivity index (χ1) is 12.6. The van der Waals surface area contributed by atoms with Crippen molar-refractivity contribution in [2.45, 2.75) is 0 Å². The lowest BCUT2D eigenvalue weighted by Crippen LogP contribution is -2.04. The maximum Gasteiger partial charge on any atom is 0.355 e. The van der Waals surface area contributed by atoms with Crippen LogP contribution in [0.2, 0.25) is 0 Å². The predicted molar refractivity (Wildman–Crippen MR) is 97.6 cm³/mol. The summed E-state index contributed by atoms with van der Waals surface area (Å²) in [7, 11) is 0. The summed E-state index contributed by atoms with van der Waals surface area (Å²) in [5, 5.41) is 22.6. The van der Waals surface area contributed by atoms with Crippen LogP contribution in [0.25, 0.3) is 27.5 Å². The lowest BCUT2D eigenvalue weighted by Gasteiger charge is -2.04. The van der Waals surface area contributed by atoms with E-state index in [4.69, 9.17) is 0 Å². The highest BCUT2D eigenvalue weighted by molar-refractivity contribution is 7.15. The van der Waals surface area contributed by atoms with Gasteiger partial charge in [-0.2, -0.15) is 0 Å². The van der Waals surface area contributed by atoms with E-state index in [0.29, 0.717) is 27.5 Å². The molecule has 26 heavy (non-hydrogen) atoms. The molecule has 0 atom stereocenters. The van der Waals surface area contributed by atoms with Crippen LogP contribution in [0.4, 0.5) is 5.69 Å². The number of thiazole rings is 1. The van der Waals surface area contributed by atoms with Gasteiger partial charge >= 0.3 is 5.97 Å². The van der Waals surface area contributed by atoms with Gasteiger partial charge in [0.15, 0.2) is 10.7 Å². The lowest BCUT2D eigenvalue weighted by atomic mass is 10.1. The number of carboxylic acids is 1. The molecule has 0 aliphatic rings. The number of nitro groups is 1. The van der Waals surface area contributed by atoms with Gasteiger partial charge in [-0.3, -0.25) is 14.5 Å². The topological polar surface area (TPSA) is 97.7 Å². The van der Waals surface area contributed by atoms with Crippen molar-refractivity contribution in [1.29, 1.82) is 0 Å². The Balaban J connectivity index is 1.99. The number of benzene rings is 2. The summed E-state index contributed by atoms with van der Waals surface area (Å²) in [6.07, 6.45) is 0. The Labute approximate surface area is 150 Å². The van der Waals surface area contributed by atoms with Crippen molar-refractivity contribution >= 4 is 28.0 Å². The molecule has 4 aromatic rings. The Bertz CT molecular complexity index is 1150. The molecule has 0 spiro atoms. The number of nitro benzene ring substituents is 1. The van der Waals surface area contributed by atoms with Gasteiger partial charge in [0.05, 0.1) is 10.6 Å². The Kier molecular flexibility index (Phi) is 3.74. The first-order valence-corrected chi connectivity index (χ1v) is 8.47. The summed E-state index contributed by atoms with van der Waals surface area (Å²) in [5.41, 5.74) is 2.17. The van der Waals surface area contributed by atoms with Gasteiger partial charge in [-0.15, -0.1) is 11.3 Å². The average molecular weight is 365 g/mol. The molecular formula is C18H11N3O4S. The first-order valence-electron chi connectivity index (χ1n) is 7.60. The number of hydrogen-bond donors (Lipinski definition) is 1. The molecule has 1 N–H and O–H groups in total. The number of carbonyl (C=O) groups is 1. The van der Waals surface area contributed by atoms with E-state index in [9.17, 15) is 20.0 Å². The Morgan fingerprint density at radius 3 is 2.54 bits per heavy atom. The van der Waals surface area contributed by atoms with Gasteiger partial charge in [0.2, 0.25) is 0 Å². The van der Waals surface area contributed by atoms with Crippen LogP contribution in [0.3, 0.4) is 0 Å². The standard InChI is InChI=1S/C18H11N3O4S/c22-17(23)16-15(11-5-2-1-3-6-11)19-18-20(16)14(10-26-18)12-7-4-8-13(9-12)21(24)25/h1-10H,(H,22,23). The molecular weight excluding hydrogens is 354 g/mol. The van der Waals surface area contributed by atoms with Gasteiger partial charge < -0.3 is 5.11 Å². The molecule has 0 amide bonds. The van der Waals surface area contributed by atoms with E-state index < -0.39 is 10.9 Å². The smallest absolute Gasteiger partial charge is 0.355 e. The molecule has 0 fully saturated rings. The maximum absolute atomic E-state index is 12.0. The minimum absolute atomic E-state index is 0.0361. The van der Waals surface area contributed by atoms with E-state index in [1.807, 2.05) is 18.2 Å². The van der Waals surface area contributed by atoms with Crippen LogP contribution >= 0.6 is 11.3 Å². The number of hydrogen-bond acceptors (Lipinski definition) is 5. The third kappa shape index (κ3) is 2.52. The van der Waals surface area contributed by atoms with Crippen molar-refractivity contribution in [2.75, 3.05) is 0 Å². The van der Waals surface area contributed by atoms with E-state index in [1.54, 1.807) is 29.6 Å². The third-order valence-corrected chi connectivity index (χ3v) is 4.79. The Hall–Kier alpha value is -3.52. The van der Waals surface area contributed by atoms with E-state index in [-0.39, 0.29) is 11.4 Å². The molecule has 7 nitrogen and oxygen atoms in total. The fourth-order valence-electron chi connectivity index (χ4n) is 2.83. The SMILES string of the molecule is O=C(O)c1c(-c2ccccc2)nc2scc(-c3cccc([N+](=O)[O-])c3)n12. The minimum Gasteiger partial charge on any atom is -0.476 e.